The summed E-state index contributed by atoms with van der Waals surface area (Å²) in [6.07, 6.45) is 1.77. The lowest BCUT2D eigenvalue weighted by molar-refractivity contribution is 0.763. The van der Waals surface area contributed by atoms with Gasteiger partial charge in [0.2, 0.25) is 0 Å². The minimum atomic E-state index is 0.000278. The van der Waals surface area contributed by atoms with E-state index in [4.69, 9.17) is 0 Å². The van der Waals surface area contributed by atoms with Crippen LogP contribution in [0.5, 0.6) is 0 Å². The van der Waals surface area contributed by atoms with Crippen LogP contribution in [0.4, 0.5) is 0 Å². The predicted molar refractivity (Wildman–Crippen MR) is 54.5 cm³/mol. The lowest BCUT2D eigenvalue weighted by atomic mass is 10.4. The molecule has 0 saturated heterocycles. The molecule has 2 rings (SSSR count). The Bertz CT molecular complexity index is 489. The summed E-state index contributed by atoms with van der Waals surface area (Å²) < 4.78 is 5.46. The fourth-order valence-corrected chi connectivity index (χ4v) is 1.77. The molecule has 2 aromatic rings. The van der Waals surface area contributed by atoms with E-state index in [1.807, 2.05) is 13.0 Å². The molecule has 0 radical (unpaired) electrons. The number of hydrogen-bond acceptors (Lipinski definition) is 4. The summed E-state index contributed by atoms with van der Waals surface area (Å²) >= 11 is 1.33. The quantitative estimate of drug-likeness (QED) is 0.739. The van der Waals surface area contributed by atoms with Crippen LogP contribution in [0.1, 0.15) is 10.6 Å². The number of nitrogens with zero attached hydrogens (tertiary/aromatic N) is 3. The zero-order valence-electron chi connectivity index (χ0n) is 7.67. The van der Waals surface area contributed by atoms with Crippen molar-refractivity contribution in [1.29, 1.82) is 0 Å². The van der Waals surface area contributed by atoms with E-state index in [1.165, 1.54) is 11.5 Å². The summed E-state index contributed by atoms with van der Waals surface area (Å²) in [5.41, 5.74) is 0.894. The number of aromatic nitrogens is 3. The maximum Gasteiger partial charge on any atom is 0.250 e. The summed E-state index contributed by atoms with van der Waals surface area (Å²) in [4.78, 5) is 12.4. The van der Waals surface area contributed by atoms with Gasteiger partial charge in [0.05, 0.1) is 17.1 Å². The number of rotatable bonds is 2. The van der Waals surface area contributed by atoms with Crippen molar-refractivity contribution in [3.05, 3.63) is 45.3 Å². The SMILES string of the molecule is Cc1nnsc1Cn1ccccc1=O. The summed E-state index contributed by atoms with van der Waals surface area (Å²) in [5, 5.41) is 3.90. The van der Waals surface area contributed by atoms with Gasteiger partial charge in [0.15, 0.2) is 0 Å². The summed E-state index contributed by atoms with van der Waals surface area (Å²) in [7, 11) is 0. The molecule has 0 N–H and O–H groups in total. The van der Waals surface area contributed by atoms with E-state index >= 15 is 0 Å². The average Bonchev–Trinajstić information content (AvgIpc) is 2.56. The van der Waals surface area contributed by atoms with Gasteiger partial charge in [-0.25, -0.2) is 0 Å². The van der Waals surface area contributed by atoms with E-state index < -0.39 is 0 Å². The van der Waals surface area contributed by atoms with Crippen LogP contribution in [0, 0.1) is 6.92 Å². The number of aryl methyl sites for hydroxylation is 1. The largest absolute Gasteiger partial charge is 0.310 e. The molecule has 2 heterocycles. The second-order valence-electron chi connectivity index (χ2n) is 2.95. The van der Waals surface area contributed by atoms with Gasteiger partial charge in [0.1, 0.15) is 0 Å². The van der Waals surface area contributed by atoms with E-state index in [9.17, 15) is 4.79 Å². The minimum absolute atomic E-state index is 0.000278. The molecule has 0 unspecified atom stereocenters. The van der Waals surface area contributed by atoms with Crippen molar-refractivity contribution in [3.63, 3.8) is 0 Å². The van der Waals surface area contributed by atoms with Crippen molar-refractivity contribution in [2.24, 2.45) is 0 Å². The van der Waals surface area contributed by atoms with Crippen LogP contribution >= 0.6 is 11.5 Å². The normalized spacial score (nSPS) is 10.4. The highest BCUT2D eigenvalue weighted by atomic mass is 32.1. The van der Waals surface area contributed by atoms with Crippen molar-refractivity contribution >= 4 is 11.5 Å². The molecule has 0 aromatic carbocycles. The average molecular weight is 207 g/mol. The van der Waals surface area contributed by atoms with Crippen molar-refractivity contribution in [3.8, 4) is 0 Å². The van der Waals surface area contributed by atoms with E-state index in [1.54, 1.807) is 22.9 Å². The van der Waals surface area contributed by atoms with E-state index in [2.05, 4.69) is 9.59 Å². The number of hydrogen-bond donors (Lipinski definition) is 0. The Morgan fingerprint density at radius 3 is 3.00 bits per heavy atom. The fraction of sp³-hybridized carbons (Fsp3) is 0.222. The molecular formula is C9H9N3OS. The number of pyridine rings is 1. The molecule has 0 spiro atoms. The summed E-state index contributed by atoms with van der Waals surface area (Å²) in [5.74, 6) is 0. The molecule has 14 heavy (non-hydrogen) atoms. The molecule has 0 aliphatic rings. The van der Waals surface area contributed by atoms with E-state index in [-0.39, 0.29) is 5.56 Å². The molecule has 0 bridgehead atoms. The van der Waals surface area contributed by atoms with Gasteiger partial charge in [-0.2, -0.15) is 0 Å². The first-order chi connectivity index (χ1) is 6.77. The van der Waals surface area contributed by atoms with Crippen molar-refractivity contribution in [2.75, 3.05) is 0 Å². The van der Waals surface area contributed by atoms with Crippen LogP contribution in [0.25, 0.3) is 0 Å². The minimum Gasteiger partial charge on any atom is -0.310 e. The Morgan fingerprint density at radius 1 is 1.50 bits per heavy atom. The first-order valence-corrected chi connectivity index (χ1v) is 4.98. The van der Waals surface area contributed by atoms with Gasteiger partial charge in [-0.1, -0.05) is 10.6 Å². The Balaban J connectivity index is 2.32. The highest BCUT2D eigenvalue weighted by Gasteiger charge is 2.03. The molecule has 0 amide bonds. The van der Waals surface area contributed by atoms with Crippen molar-refractivity contribution in [2.45, 2.75) is 13.5 Å². The lowest BCUT2D eigenvalue weighted by Gasteiger charge is -2.01. The summed E-state index contributed by atoms with van der Waals surface area (Å²) in [6.45, 7) is 2.45. The second kappa shape index (κ2) is 3.71. The monoisotopic (exact) mass is 207 g/mol. The maximum atomic E-state index is 11.4. The van der Waals surface area contributed by atoms with Gasteiger partial charge in [0.25, 0.3) is 5.56 Å². The van der Waals surface area contributed by atoms with Crippen LogP contribution in [-0.4, -0.2) is 14.2 Å². The molecule has 0 aliphatic carbocycles. The topological polar surface area (TPSA) is 47.8 Å². The van der Waals surface area contributed by atoms with E-state index in [0.717, 1.165) is 10.6 Å². The smallest absolute Gasteiger partial charge is 0.250 e. The molecule has 0 fully saturated rings. The van der Waals surface area contributed by atoms with E-state index in [0.29, 0.717) is 6.54 Å². The first kappa shape index (κ1) is 9.08. The van der Waals surface area contributed by atoms with Crippen molar-refractivity contribution < 1.29 is 0 Å². The van der Waals surface area contributed by atoms with Crippen LogP contribution in [0.15, 0.2) is 29.2 Å². The molecule has 0 atom stereocenters. The zero-order valence-corrected chi connectivity index (χ0v) is 8.49. The highest BCUT2D eigenvalue weighted by molar-refractivity contribution is 7.05. The Labute approximate surface area is 85.0 Å². The molecule has 0 aliphatic heterocycles. The van der Waals surface area contributed by atoms with Gasteiger partial charge in [-0.15, -0.1) is 5.10 Å². The maximum absolute atomic E-state index is 11.4. The standard InChI is InChI=1S/C9H9N3OS/c1-7-8(14-11-10-7)6-12-5-3-2-4-9(12)13/h2-5H,6H2,1H3. The molecular weight excluding hydrogens is 198 g/mol. The first-order valence-electron chi connectivity index (χ1n) is 4.20. The Morgan fingerprint density at radius 2 is 2.36 bits per heavy atom. The van der Waals surface area contributed by atoms with Gasteiger partial charge in [-0.05, 0) is 24.5 Å². The third-order valence-electron chi connectivity index (χ3n) is 1.96. The predicted octanol–water partition coefficient (Wildman–Crippen LogP) is 1.06. The van der Waals surface area contributed by atoms with Crippen LogP contribution < -0.4 is 5.56 Å². The van der Waals surface area contributed by atoms with Gasteiger partial charge < -0.3 is 4.57 Å². The second-order valence-corrected chi connectivity index (χ2v) is 3.79. The Kier molecular flexibility index (Phi) is 2.41. The lowest BCUT2D eigenvalue weighted by Crippen LogP contribution is -2.18. The van der Waals surface area contributed by atoms with Gasteiger partial charge in [-0.3, -0.25) is 4.79 Å². The molecule has 0 saturated carbocycles. The fourth-order valence-electron chi connectivity index (χ4n) is 1.14. The van der Waals surface area contributed by atoms with Crippen molar-refractivity contribution in [1.82, 2.24) is 14.2 Å². The highest BCUT2D eigenvalue weighted by Crippen LogP contribution is 2.09. The van der Waals surface area contributed by atoms with Gasteiger partial charge >= 0.3 is 0 Å². The molecule has 5 heteroatoms. The van der Waals surface area contributed by atoms with Crippen LogP contribution in [-0.2, 0) is 6.54 Å². The third-order valence-corrected chi connectivity index (χ3v) is 2.77. The summed E-state index contributed by atoms with van der Waals surface area (Å²) in [6, 6.07) is 5.12. The zero-order chi connectivity index (χ0) is 9.97. The van der Waals surface area contributed by atoms with Crippen LogP contribution in [0.3, 0.4) is 0 Å². The van der Waals surface area contributed by atoms with Gasteiger partial charge in [0, 0.05) is 12.3 Å². The third kappa shape index (κ3) is 1.72. The Hall–Kier alpha value is -1.49. The van der Waals surface area contributed by atoms with Crippen LogP contribution in [0.2, 0.25) is 0 Å². The molecule has 4 nitrogen and oxygen atoms in total. The molecule has 2 aromatic heterocycles. The molecule has 72 valence electrons.